The number of halogens is 1. The van der Waals surface area contributed by atoms with Crippen LogP contribution in [0.15, 0.2) is 30.3 Å². The Morgan fingerprint density at radius 2 is 2.00 bits per heavy atom. The molecule has 1 fully saturated rings. The second kappa shape index (κ2) is 9.36. The lowest BCUT2D eigenvalue weighted by molar-refractivity contribution is -0.135. The Labute approximate surface area is 150 Å². The van der Waals surface area contributed by atoms with Gasteiger partial charge in [0, 0.05) is 31.6 Å². The van der Waals surface area contributed by atoms with E-state index in [1.54, 1.807) is 4.90 Å². The Bertz CT molecular complexity index is 625. The molecular formula is C16H26ClN3O3S. The first-order valence-corrected chi connectivity index (χ1v) is 9.80. The number of nitrogens with one attached hydrogen (secondary N) is 1. The molecule has 1 aliphatic rings. The predicted molar refractivity (Wildman–Crippen MR) is 97.4 cm³/mol. The lowest BCUT2D eigenvalue weighted by Gasteiger charge is -2.36. The molecule has 2 atom stereocenters. The number of carbonyl (C=O) groups is 1. The van der Waals surface area contributed by atoms with Crippen LogP contribution in [-0.4, -0.2) is 44.6 Å². The predicted octanol–water partition coefficient (Wildman–Crippen LogP) is 1.43. The molecule has 0 bridgehead atoms. The maximum Gasteiger partial charge on any atom is 0.224 e. The Balaban J connectivity index is 0.00000288. The molecule has 2 unspecified atom stereocenters. The molecule has 1 aromatic carbocycles. The van der Waals surface area contributed by atoms with Crippen molar-refractivity contribution in [1.82, 2.24) is 9.62 Å². The number of piperidine rings is 1. The molecule has 0 radical (unpaired) electrons. The van der Waals surface area contributed by atoms with Crippen molar-refractivity contribution in [2.75, 3.05) is 19.3 Å². The molecule has 0 saturated carbocycles. The van der Waals surface area contributed by atoms with Gasteiger partial charge in [-0.05, 0) is 24.8 Å². The summed E-state index contributed by atoms with van der Waals surface area (Å²) in [6, 6.07) is 9.12. The Morgan fingerprint density at radius 3 is 2.62 bits per heavy atom. The van der Waals surface area contributed by atoms with Gasteiger partial charge in [0.1, 0.15) is 0 Å². The average Bonchev–Trinajstić information content (AvgIpc) is 2.53. The number of rotatable bonds is 6. The monoisotopic (exact) mass is 375 g/mol. The van der Waals surface area contributed by atoms with Gasteiger partial charge in [-0.15, -0.1) is 12.4 Å². The lowest BCUT2D eigenvalue weighted by atomic mass is 9.99. The van der Waals surface area contributed by atoms with Gasteiger partial charge >= 0.3 is 0 Å². The highest BCUT2D eigenvalue weighted by Gasteiger charge is 2.28. The standard InChI is InChI=1S/C16H25N3O3S.ClH/c1-23(21,22)18-12-14-9-5-6-10-19(14)16(20)11-15(17)13-7-3-2-4-8-13;/h2-4,7-8,14-15,18H,5-6,9-12,17H2,1H3;1H. The molecule has 0 aromatic heterocycles. The molecule has 0 aliphatic carbocycles. The number of carbonyl (C=O) groups excluding carboxylic acids is 1. The SMILES string of the molecule is CS(=O)(=O)NCC1CCCCN1C(=O)CC(N)c1ccccc1.Cl. The zero-order chi connectivity index (χ0) is 16.9. The fourth-order valence-electron chi connectivity index (χ4n) is 2.91. The Morgan fingerprint density at radius 1 is 1.33 bits per heavy atom. The maximum atomic E-state index is 12.6. The quantitative estimate of drug-likeness (QED) is 0.786. The number of nitrogens with zero attached hydrogens (tertiary/aromatic N) is 1. The van der Waals surface area contributed by atoms with E-state index in [1.807, 2.05) is 30.3 Å². The maximum absolute atomic E-state index is 12.6. The second-order valence-electron chi connectivity index (χ2n) is 6.08. The lowest BCUT2D eigenvalue weighted by Crippen LogP contribution is -2.49. The van der Waals surface area contributed by atoms with Crippen molar-refractivity contribution in [3.05, 3.63) is 35.9 Å². The summed E-state index contributed by atoms with van der Waals surface area (Å²) < 4.78 is 25.1. The van der Waals surface area contributed by atoms with Gasteiger partial charge in [-0.25, -0.2) is 13.1 Å². The number of sulfonamides is 1. The highest BCUT2D eigenvalue weighted by atomic mass is 35.5. The number of hydrogen-bond donors (Lipinski definition) is 2. The zero-order valence-electron chi connectivity index (χ0n) is 13.8. The highest BCUT2D eigenvalue weighted by Crippen LogP contribution is 2.21. The van der Waals surface area contributed by atoms with Crippen LogP contribution in [0.4, 0.5) is 0 Å². The molecule has 6 nitrogen and oxygen atoms in total. The summed E-state index contributed by atoms with van der Waals surface area (Å²) in [5.74, 6) is -0.0126. The molecule has 1 saturated heterocycles. The minimum absolute atomic E-state index is 0. The largest absolute Gasteiger partial charge is 0.338 e. The fourth-order valence-corrected chi connectivity index (χ4v) is 3.41. The Hall–Kier alpha value is -1.15. The third-order valence-corrected chi connectivity index (χ3v) is 4.84. The van der Waals surface area contributed by atoms with Crippen LogP contribution in [0.1, 0.15) is 37.3 Å². The summed E-state index contributed by atoms with van der Waals surface area (Å²) in [5, 5.41) is 0. The molecular weight excluding hydrogens is 350 g/mol. The third kappa shape index (κ3) is 6.39. The molecule has 0 spiro atoms. The zero-order valence-corrected chi connectivity index (χ0v) is 15.5. The van der Waals surface area contributed by atoms with Gasteiger partial charge in [0.15, 0.2) is 0 Å². The van der Waals surface area contributed by atoms with Gasteiger partial charge < -0.3 is 10.6 Å². The van der Waals surface area contributed by atoms with Crippen molar-refractivity contribution in [3.8, 4) is 0 Å². The summed E-state index contributed by atoms with van der Waals surface area (Å²) in [6.07, 6.45) is 4.13. The van der Waals surface area contributed by atoms with E-state index >= 15 is 0 Å². The van der Waals surface area contributed by atoms with Crippen LogP contribution in [0.25, 0.3) is 0 Å². The van der Waals surface area contributed by atoms with Crippen LogP contribution in [0, 0.1) is 0 Å². The first-order chi connectivity index (χ1) is 10.9. The number of hydrogen-bond acceptors (Lipinski definition) is 4. The van der Waals surface area contributed by atoms with Crippen LogP contribution in [0.2, 0.25) is 0 Å². The molecule has 2 rings (SSSR count). The summed E-state index contributed by atoms with van der Waals surface area (Å²) in [4.78, 5) is 14.4. The smallest absolute Gasteiger partial charge is 0.224 e. The van der Waals surface area contributed by atoms with E-state index in [4.69, 9.17) is 5.73 Å². The van der Waals surface area contributed by atoms with Crippen molar-refractivity contribution in [2.24, 2.45) is 5.73 Å². The molecule has 8 heteroatoms. The van der Waals surface area contributed by atoms with E-state index in [9.17, 15) is 13.2 Å². The van der Waals surface area contributed by atoms with E-state index in [0.29, 0.717) is 6.54 Å². The van der Waals surface area contributed by atoms with Crippen molar-refractivity contribution >= 4 is 28.3 Å². The molecule has 1 aromatic rings. The topological polar surface area (TPSA) is 92.5 Å². The van der Waals surface area contributed by atoms with Crippen molar-refractivity contribution < 1.29 is 13.2 Å². The first kappa shape index (κ1) is 20.9. The van der Waals surface area contributed by atoms with Crippen molar-refractivity contribution in [1.29, 1.82) is 0 Å². The molecule has 1 aliphatic heterocycles. The number of amides is 1. The van der Waals surface area contributed by atoms with Crippen LogP contribution >= 0.6 is 12.4 Å². The minimum atomic E-state index is -3.25. The van der Waals surface area contributed by atoms with E-state index in [0.717, 1.165) is 31.1 Å². The number of nitrogens with two attached hydrogens (primary N) is 1. The van der Waals surface area contributed by atoms with Crippen molar-refractivity contribution in [3.63, 3.8) is 0 Å². The molecule has 1 amide bonds. The summed E-state index contributed by atoms with van der Waals surface area (Å²) in [5.41, 5.74) is 7.07. The van der Waals surface area contributed by atoms with Gasteiger partial charge in [0.25, 0.3) is 0 Å². The van der Waals surface area contributed by atoms with Gasteiger partial charge in [-0.1, -0.05) is 30.3 Å². The van der Waals surface area contributed by atoms with Gasteiger partial charge in [-0.2, -0.15) is 0 Å². The second-order valence-corrected chi connectivity index (χ2v) is 7.91. The molecule has 3 N–H and O–H groups in total. The summed E-state index contributed by atoms with van der Waals surface area (Å²) >= 11 is 0. The van der Waals surface area contributed by atoms with Crippen LogP contribution in [0.3, 0.4) is 0 Å². The molecule has 1 heterocycles. The average molecular weight is 376 g/mol. The molecule has 24 heavy (non-hydrogen) atoms. The first-order valence-electron chi connectivity index (χ1n) is 7.91. The van der Waals surface area contributed by atoms with Crippen LogP contribution in [-0.2, 0) is 14.8 Å². The van der Waals surface area contributed by atoms with Crippen molar-refractivity contribution in [2.45, 2.75) is 37.8 Å². The normalized spacial score (nSPS) is 19.4. The van der Waals surface area contributed by atoms with E-state index in [1.165, 1.54) is 0 Å². The van der Waals surface area contributed by atoms with Crippen LogP contribution < -0.4 is 10.5 Å². The van der Waals surface area contributed by atoms with E-state index in [-0.39, 0.29) is 43.4 Å². The van der Waals surface area contributed by atoms with E-state index in [2.05, 4.69) is 4.72 Å². The Kier molecular flexibility index (Phi) is 8.15. The number of benzene rings is 1. The fraction of sp³-hybridized carbons (Fsp3) is 0.562. The summed E-state index contributed by atoms with van der Waals surface area (Å²) in [7, 11) is -3.25. The van der Waals surface area contributed by atoms with Crippen LogP contribution in [0.5, 0.6) is 0 Å². The van der Waals surface area contributed by atoms with Gasteiger partial charge in [-0.3, -0.25) is 4.79 Å². The summed E-state index contributed by atoms with van der Waals surface area (Å²) in [6.45, 7) is 0.932. The highest BCUT2D eigenvalue weighted by molar-refractivity contribution is 7.88. The third-order valence-electron chi connectivity index (χ3n) is 4.15. The number of likely N-dealkylation sites (tertiary alicyclic amines) is 1. The minimum Gasteiger partial charge on any atom is -0.338 e. The van der Waals surface area contributed by atoms with E-state index < -0.39 is 10.0 Å². The molecule has 136 valence electrons. The van der Waals surface area contributed by atoms with Gasteiger partial charge in [0.2, 0.25) is 15.9 Å². The van der Waals surface area contributed by atoms with Gasteiger partial charge in [0.05, 0.1) is 6.26 Å².